The summed E-state index contributed by atoms with van der Waals surface area (Å²) in [6, 6.07) is 8.35. The molecule has 0 aliphatic rings. The first kappa shape index (κ1) is 26.4. The zero-order valence-electron chi connectivity index (χ0n) is 19.2. The molecule has 2 aromatic heterocycles. The summed E-state index contributed by atoms with van der Waals surface area (Å²) < 4.78 is 40.9. The first-order valence-electron chi connectivity index (χ1n) is 11.1. The van der Waals surface area contributed by atoms with Crippen molar-refractivity contribution < 1.29 is 32.6 Å². The van der Waals surface area contributed by atoms with E-state index in [0.29, 0.717) is 22.8 Å². The molecule has 1 unspecified atom stereocenters. The number of carboxylic acids is 1. The third-order valence-electron chi connectivity index (χ3n) is 4.97. The average molecular weight is 503 g/mol. The fourth-order valence-electron chi connectivity index (χ4n) is 3.26. The van der Waals surface area contributed by atoms with Crippen LogP contribution in [0.5, 0.6) is 5.75 Å². The summed E-state index contributed by atoms with van der Waals surface area (Å²) in [5.74, 6) is -0.863. The van der Waals surface area contributed by atoms with Gasteiger partial charge in [-0.1, -0.05) is 13.3 Å². The van der Waals surface area contributed by atoms with Crippen LogP contribution in [-0.4, -0.2) is 44.8 Å². The lowest BCUT2D eigenvalue weighted by Gasteiger charge is -2.19. The van der Waals surface area contributed by atoms with Crippen molar-refractivity contribution in [3.8, 4) is 17.1 Å². The summed E-state index contributed by atoms with van der Waals surface area (Å²) in [6.07, 6.45) is 1.34. The van der Waals surface area contributed by atoms with Gasteiger partial charge in [-0.25, -0.2) is 15.0 Å². The van der Waals surface area contributed by atoms with Crippen LogP contribution in [0.15, 0.2) is 55.0 Å². The quantitative estimate of drug-likeness (QED) is 0.347. The highest BCUT2D eigenvalue weighted by atomic mass is 19.4. The Bertz CT molecular complexity index is 1150. The van der Waals surface area contributed by atoms with E-state index in [0.717, 1.165) is 18.4 Å². The lowest BCUT2D eigenvalue weighted by Crippen LogP contribution is -2.26. The molecule has 0 radical (unpaired) electrons. The molecule has 1 aromatic carbocycles. The first-order valence-corrected chi connectivity index (χ1v) is 11.1. The highest BCUT2D eigenvalue weighted by Crippen LogP contribution is 2.26. The highest BCUT2D eigenvalue weighted by molar-refractivity contribution is 5.94. The maximum atomic E-state index is 12.3. The number of carbonyl (C=O) groups is 2. The second-order valence-corrected chi connectivity index (χ2v) is 7.73. The van der Waals surface area contributed by atoms with Crippen molar-refractivity contribution in [2.45, 2.75) is 38.6 Å². The van der Waals surface area contributed by atoms with Gasteiger partial charge >= 0.3 is 12.3 Å². The number of nitrogens with zero attached hydrogens (tertiary/aromatic N) is 3. The number of pyridine rings is 1. The van der Waals surface area contributed by atoms with Crippen LogP contribution in [-0.2, 0) is 4.79 Å². The van der Waals surface area contributed by atoms with Crippen LogP contribution < -0.4 is 15.4 Å². The predicted octanol–water partition coefficient (Wildman–Crippen LogP) is 4.60. The summed E-state index contributed by atoms with van der Waals surface area (Å²) >= 11 is 0. The van der Waals surface area contributed by atoms with E-state index in [2.05, 4.69) is 30.3 Å². The maximum Gasteiger partial charge on any atom is 0.573 e. The predicted molar refractivity (Wildman–Crippen MR) is 124 cm³/mol. The second kappa shape index (κ2) is 12.0. The van der Waals surface area contributed by atoms with E-state index in [1.165, 1.54) is 30.5 Å². The van der Waals surface area contributed by atoms with Crippen molar-refractivity contribution in [2.24, 2.45) is 0 Å². The molecule has 0 aliphatic carbocycles. The number of rotatable bonds is 11. The molecule has 2 heterocycles. The smallest absolute Gasteiger partial charge is 0.481 e. The van der Waals surface area contributed by atoms with Gasteiger partial charge in [-0.2, -0.15) is 0 Å². The number of alkyl halides is 3. The topological polar surface area (TPSA) is 126 Å². The number of hydrogen-bond donors (Lipinski definition) is 3. The molecule has 0 bridgehead atoms. The summed E-state index contributed by atoms with van der Waals surface area (Å²) in [5, 5.41) is 14.5. The summed E-state index contributed by atoms with van der Waals surface area (Å²) in [4.78, 5) is 35.6. The minimum atomic E-state index is -4.76. The fraction of sp³-hybridized carbons (Fsp3) is 0.292. The number of amides is 1. The number of halogens is 3. The largest absolute Gasteiger partial charge is 0.573 e. The standard InChI is InChI=1S/C24H24F3N5O4/c1-2-3-19(32-20-9-6-16(12-29-20)23(35)28-11-10-21(33)34)17-13-30-22(31-14-17)15-4-7-18(8-5-15)36-24(25,26)27/h4-9,12-14,19H,2-3,10-11H2,1H3,(H,28,35)(H,29,32)(H,33,34). The normalized spacial score (nSPS) is 12.0. The van der Waals surface area contributed by atoms with Crippen molar-refractivity contribution in [3.05, 3.63) is 66.1 Å². The minimum Gasteiger partial charge on any atom is -0.481 e. The molecule has 3 aromatic rings. The molecule has 1 amide bonds. The Hall–Kier alpha value is -4.22. The van der Waals surface area contributed by atoms with Crippen molar-refractivity contribution in [1.29, 1.82) is 0 Å². The number of aliphatic carboxylic acids is 1. The molecule has 0 saturated heterocycles. The number of benzene rings is 1. The van der Waals surface area contributed by atoms with Crippen LogP contribution in [0.3, 0.4) is 0 Å². The van der Waals surface area contributed by atoms with Gasteiger partial charge in [0.05, 0.1) is 18.0 Å². The number of nitrogens with one attached hydrogen (secondary N) is 2. The van der Waals surface area contributed by atoms with E-state index in [1.807, 2.05) is 6.92 Å². The van der Waals surface area contributed by atoms with Crippen LogP contribution in [0.25, 0.3) is 11.4 Å². The zero-order valence-corrected chi connectivity index (χ0v) is 19.2. The lowest BCUT2D eigenvalue weighted by molar-refractivity contribution is -0.274. The Morgan fingerprint density at radius 2 is 1.72 bits per heavy atom. The number of ether oxygens (including phenoxy) is 1. The van der Waals surface area contributed by atoms with E-state index in [1.54, 1.807) is 24.5 Å². The Morgan fingerprint density at radius 3 is 2.28 bits per heavy atom. The average Bonchev–Trinajstić information content (AvgIpc) is 2.83. The summed E-state index contributed by atoms with van der Waals surface area (Å²) in [5.41, 5.74) is 1.63. The van der Waals surface area contributed by atoms with Crippen LogP contribution >= 0.6 is 0 Å². The molecule has 0 aliphatic heterocycles. The van der Waals surface area contributed by atoms with Crippen molar-refractivity contribution >= 4 is 17.7 Å². The van der Waals surface area contributed by atoms with Gasteiger partial charge in [0.15, 0.2) is 5.82 Å². The Balaban J connectivity index is 1.65. The highest BCUT2D eigenvalue weighted by Gasteiger charge is 2.31. The number of carboxylic acid groups (broad SMARTS) is 1. The van der Waals surface area contributed by atoms with Crippen LogP contribution in [0.2, 0.25) is 0 Å². The van der Waals surface area contributed by atoms with Crippen LogP contribution in [0.4, 0.5) is 19.0 Å². The van der Waals surface area contributed by atoms with E-state index >= 15 is 0 Å². The lowest BCUT2D eigenvalue weighted by atomic mass is 10.1. The monoisotopic (exact) mass is 503 g/mol. The number of hydrogen-bond acceptors (Lipinski definition) is 7. The molecule has 190 valence electrons. The van der Waals surface area contributed by atoms with Crippen LogP contribution in [0.1, 0.15) is 48.1 Å². The minimum absolute atomic E-state index is 0.0220. The van der Waals surface area contributed by atoms with Crippen molar-refractivity contribution in [3.63, 3.8) is 0 Å². The zero-order chi connectivity index (χ0) is 26.1. The number of aromatic nitrogens is 3. The summed E-state index contributed by atoms with van der Waals surface area (Å²) in [6.45, 7) is 2.04. The van der Waals surface area contributed by atoms with Gasteiger partial charge in [-0.3, -0.25) is 9.59 Å². The van der Waals surface area contributed by atoms with E-state index < -0.39 is 18.2 Å². The molecular weight excluding hydrogens is 479 g/mol. The van der Waals surface area contributed by atoms with Gasteiger partial charge in [0.2, 0.25) is 0 Å². The third-order valence-corrected chi connectivity index (χ3v) is 4.97. The molecule has 3 N–H and O–H groups in total. The van der Waals surface area contributed by atoms with Crippen LogP contribution in [0, 0.1) is 0 Å². The molecule has 0 fully saturated rings. The Kier molecular flexibility index (Phi) is 8.76. The molecule has 9 nitrogen and oxygen atoms in total. The third kappa shape index (κ3) is 7.93. The molecule has 0 spiro atoms. The first-order chi connectivity index (χ1) is 17.1. The van der Waals surface area contributed by atoms with Crippen molar-refractivity contribution in [1.82, 2.24) is 20.3 Å². The van der Waals surface area contributed by atoms with Gasteiger partial charge < -0.3 is 20.5 Å². The molecule has 36 heavy (non-hydrogen) atoms. The fourth-order valence-corrected chi connectivity index (χ4v) is 3.26. The molecule has 0 saturated carbocycles. The van der Waals surface area contributed by atoms with E-state index in [9.17, 15) is 22.8 Å². The van der Waals surface area contributed by atoms with Gasteiger partial charge in [0.1, 0.15) is 11.6 Å². The Labute approximate surface area is 204 Å². The number of carbonyl (C=O) groups excluding carboxylic acids is 1. The van der Waals surface area contributed by atoms with E-state index in [-0.39, 0.29) is 24.8 Å². The van der Waals surface area contributed by atoms with Gasteiger partial charge in [-0.15, -0.1) is 13.2 Å². The van der Waals surface area contributed by atoms with Gasteiger partial charge in [-0.05, 0) is 42.8 Å². The maximum absolute atomic E-state index is 12.3. The Morgan fingerprint density at radius 1 is 1.03 bits per heavy atom. The molecule has 1 atom stereocenters. The van der Waals surface area contributed by atoms with E-state index in [4.69, 9.17) is 5.11 Å². The second-order valence-electron chi connectivity index (χ2n) is 7.73. The number of anilines is 1. The summed E-state index contributed by atoms with van der Waals surface area (Å²) in [7, 11) is 0. The van der Waals surface area contributed by atoms with Gasteiger partial charge in [0, 0.05) is 36.3 Å². The SMILES string of the molecule is CCCC(Nc1ccc(C(=O)NCCC(=O)O)cn1)c1cnc(-c2ccc(OC(F)(F)F)cc2)nc1. The molecular formula is C24H24F3N5O4. The van der Waals surface area contributed by atoms with Crippen molar-refractivity contribution in [2.75, 3.05) is 11.9 Å². The molecule has 12 heteroatoms. The molecule has 3 rings (SSSR count). The van der Waals surface area contributed by atoms with Gasteiger partial charge in [0.25, 0.3) is 5.91 Å².